The van der Waals surface area contributed by atoms with E-state index in [9.17, 15) is 0 Å². The average Bonchev–Trinajstić information content (AvgIpc) is 3.32. The highest BCUT2D eigenvalue weighted by molar-refractivity contribution is 14.0. The summed E-state index contributed by atoms with van der Waals surface area (Å²) in [6.45, 7) is 1.92. The maximum Gasteiger partial charge on any atom is 0.191 e. The lowest BCUT2D eigenvalue weighted by Crippen LogP contribution is -2.40. The molecule has 0 spiro atoms. The topological polar surface area (TPSA) is 36.4 Å². The molecule has 1 aromatic carbocycles. The van der Waals surface area contributed by atoms with E-state index in [2.05, 4.69) is 39.9 Å². The van der Waals surface area contributed by atoms with Gasteiger partial charge in [0.15, 0.2) is 5.96 Å². The first-order valence-corrected chi connectivity index (χ1v) is 7.31. The maximum atomic E-state index is 4.31. The highest BCUT2D eigenvalue weighted by atomic mass is 127. The minimum absolute atomic E-state index is 0. The smallest absolute Gasteiger partial charge is 0.191 e. The molecular formula is C16H24IN3. The van der Waals surface area contributed by atoms with Gasteiger partial charge < -0.3 is 10.6 Å². The molecular weight excluding hydrogens is 361 g/mol. The molecule has 2 aliphatic rings. The van der Waals surface area contributed by atoms with Gasteiger partial charge in [-0.2, -0.15) is 0 Å². The van der Waals surface area contributed by atoms with Crippen molar-refractivity contribution in [2.24, 2.45) is 16.3 Å². The number of aliphatic imine (C=N–C) groups is 1. The molecule has 110 valence electrons. The lowest BCUT2D eigenvalue weighted by molar-refractivity contribution is 0.431. The summed E-state index contributed by atoms with van der Waals surface area (Å²) in [5, 5.41) is 6.89. The number of guanidine groups is 1. The number of nitrogens with one attached hydrogen (secondary N) is 2. The average molecular weight is 385 g/mol. The Morgan fingerprint density at radius 1 is 1.20 bits per heavy atom. The third-order valence-corrected chi connectivity index (χ3v) is 4.47. The van der Waals surface area contributed by atoms with E-state index in [-0.39, 0.29) is 24.0 Å². The van der Waals surface area contributed by atoms with E-state index < -0.39 is 0 Å². The van der Waals surface area contributed by atoms with Crippen LogP contribution in [0, 0.1) is 11.3 Å². The van der Waals surface area contributed by atoms with Crippen LogP contribution in [0.2, 0.25) is 0 Å². The van der Waals surface area contributed by atoms with Gasteiger partial charge in [-0.15, -0.1) is 24.0 Å². The molecule has 0 bridgehead atoms. The fourth-order valence-corrected chi connectivity index (χ4v) is 2.85. The van der Waals surface area contributed by atoms with E-state index in [0.29, 0.717) is 5.41 Å². The minimum Gasteiger partial charge on any atom is -0.356 e. The number of hydrogen-bond acceptors (Lipinski definition) is 1. The van der Waals surface area contributed by atoms with Gasteiger partial charge in [0.1, 0.15) is 0 Å². The molecule has 20 heavy (non-hydrogen) atoms. The number of rotatable bonds is 5. The lowest BCUT2D eigenvalue weighted by atomic mass is 10.0. The van der Waals surface area contributed by atoms with Crippen molar-refractivity contribution in [2.75, 3.05) is 13.6 Å². The van der Waals surface area contributed by atoms with Gasteiger partial charge >= 0.3 is 0 Å². The molecule has 1 aromatic rings. The van der Waals surface area contributed by atoms with Crippen LogP contribution in [0.15, 0.2) is 35.3 Å². The summed E-state index contributed by atoms with van der Waals surface area (Å²) in [5.74, 6) is 1.92. The van der Waals surface area contributed by atoms with E-state index in [1.807, 2.05) is 13.1 Å². The zero-order chi connectivity index (χ0) is 13.1. The summed E-state index contributed by atoms with van der Waals surface area (Å²) in [6, 6.07) is 10.4. The highest BCUT2D eigenvalue weighted by Gasteiger charge is 2.53. The summed E-state index contributed by atoms with van der Waals surface area (Å²) < 4.78 is 0. The summed E-state index contributed by atoms with van der Waals surface area (Å²) in [6.07, 6.45) is 5.69. The number of nitrogens with zero attached hydrogens (tertiary/aromatic N) is 1. The summed E-state index contributed by atoms with van der Waals surface area (Å²) in [4.78, 5) is 4.31. The molecule has 0 aromatic heterocycles. The van der Waals surface area contributed by atoms with Gasteiger partial charge in [-0.05, 0) is 42.6 Å². The Bertz CT molecular complexity index is 450. The molecule has 0 unspecified atom stereocenters. The second-order valence-electron chi connectivity index (χ2n) is 5.90. The van der Waals surface area contributed by atoms with Gasteiger partial charge in [0.25, 0.3) is 0 Å². The maximum absolute atomic E-state index is 4.31. The Labute approximate surface area is 138 Å². The molecule has 2 N–H and O–H groups in total. The Hall–Kier alpha value is -0.780. The van der Waals surface area contributed by atoms with E-state index in [1.54, 1.807) is 0 Å². The molecule has 0 amide bonds. The van der Waals surface area contributed by atoms with Crippen LogP contribution in [0.3, 0.4) is 0 Å². The first-order valence-electron chi connectivity index (χ1n) is 7.31. The van der Waals surface area contributed by atoms with E-state index in [1.165, 1.54) is 31.2 Å². The second kappa shape index (κ2) is 6.78. The summed E-state index contributed by atoms with van der Waals surface area (Å²) in [7, 11) is 1.84. The standard InChI is InChI=1S/C16H23N3.HI/c1-17-15(18-11-13-5-3-2-4-6-13)19-12-16(9-10-16)14-7-8-14;/h2-6,14H,7-12H2,1H3,(H2,17,18,19);1H. The van der Waals surface area contributed by atoms with Crippen molar-refractivity contribution in [3.63, 3.8) is 0 Å². The van der Waals surface area contributed by atoms with Crippen molar-refractivity contribution in [3.8, 4) is 0 Å². The molecule has 0 radical (unpaired) electrons. The molecule has 2 aliphatic carbocycles. The third kappa shape index (κ3) is 3.87. The molecule has 3 rings (SSSR count). The minimum atomic E-state index is 0. The summed E-state index contributed by atoms with van der Waals surface area (Å²) in [5.41, 5.74) is 1.90. The van der Waals surface area contributed by atoms with Gasteiger partial charge in [-0.3, -0.25) is 4.99 Å². The van der Waals surface area contributed by atoms with E-state index >= 15 is 0 Å². The van der Waals surface area contributed by atoms with Crippen molar-refractivity contribution < 1.29 is 0 Å². The molecule has 0 heterocycles. The second-order valence-corrected chi connectivity index (χ2v) is 5.90. The fraction of sp³-hybridized carbons (Fsp3) is 0.562. The normalized spacial score (nSPS) is 19.9. The highest BCUT2D eigenvalue weighted by Crippen LogP contribution is 2.60. The SMILES string of the molecule is CN=C(NCc1ccccc1)NCC1(C2CC2)CC1.I. The molecule has 4 heteroatoms. The zero-order valence-corrected chi connectivity index (χ0v) is 14.4. The van der Waals surface area contributed by atoms with Crippen LogP contribution in [-0.4, -0.2) is 19.6 Å². The third-order valence-electron chi connectivity index (χ3n) is 4.47. The van der Waals surface area contributed by atoms with Crippen LogP contribution in [-0.2, 0) is 6.54 Å². The van der Waals surface area contributed by atoms with Crippen molar-refractivity contribution in [3.05, 3.63) is 35.9 Å². The van der Waals surface area contributed by atoms with Gasteiger partial charge in [-0.25, -0.2) is 0 Å². The Morgan fingerprint density at radius 3 is 2.45 bits per heavy atom. The lowest BCUT2D eigenvalue weighted by Gasteiger charge is -2.18. The first-order chi connectivity index (χ1) is 9.32. The van der Waals surface area contributed by atoms with Gasteiger partial charge in [0.2, 0.25) is 0 Å². The summed E-state index contributed by atoms with van der Waals surface area (Å²) >= 11 is 0. The van der Waals surface area contributed by atoms with Crippen LogP contribution in [0.5, 0.6) is 0 Å². The molecule has 2 fully saturated rings. The number of benzene rings is 1. The zero-order valence-electron chi connectivity index (χ0n) is 12.1. The van der Waals surface area contributed by atoms with Crippen LogP contribution in [0.1, 0.15) is 31.2 Å². The molecule has 0 atom stereocenters. The quantitative estimate of drug-likeness (QED) is 0.464. The van der Waals surface area contributed by atoms with Crippen LogP contribution in [0.25, 0.3) is 0 Å². The van der Waals surface area contributed by atoms with E-state index in [4.69, 9.17) is 0 Å². The fourth-order valence-electron chi connectivity index (χ4n) is 2.85. The number of halogens is 1. The molecule has 0 aliphatic heterocycles. The van der Waals surface area contributed by atoms with Gasteiger partial charge in [0.05, 0.1) is 0 Å². The van der Waals surface area contributed by atoms with Crippen molar-refractivity contribution >= 4 is 29.9 Å². The molecule has 3 nitrogen and oxygen atoms in total. The van der Waals surface area contributed by atoms with Crippen LogP contribution in [0.4, 0.5) is 0 Å². The molecule has 0 saturated heterocycles. The largest absolute Gasteiger partial charge is 0.356 e. The number of hydrogen-bond donors (Lipinski definition) is 2. The van der Waals surface area contributed by atoms with Crippen molar-refractivity contribution in [2.45, 2.75) is 32.2 Å². The van der Waals surface area contributed by atoms with Crippen molar-refractivity contribution in [1.29, 1.82) is 0 Å². The van der Waals surface area contributed by atoms with Gasteiger partial charge in [0, 0.05) is 20.1 Å². The van der Waals surface area contributed by atoms with E-state index in [0.717, 1.165) is 25.0 Å². The van der Waals surface area contributed by atoms with Gasteiger partial charge in [-0.1, -0.05) is 30.3 Å². The Kier molecular flexibility index (Phi) is 5.29. The Morgan fingerprint density at radius 2 is 1.90 bits per heavy atom. The Balaban J connectivity index is 0.00000147. The van der Waals surface area contributed by atoms with Crippen LogP contribution < -0.4 is 10.6 Å². The van der Waals surface area contributed by atoms with Crippen LogP contribution >= 0.6 is 24.0 Å². The predicted molar refractivity (Wildman–Crippen MR) is 94.4 cm³/mol. The monoisotopic (exact) mass is 385 g/mol. The molecule has 2 saturated carbocycles. The van der Waals surface area contributed by atoms with Crippen molar-refractivity contribution in [1.82, 2.24) is 10.6 Å². The first kappa shape index (κ1) is 15.6. The predicted octanol–water partition coefficient (Wildman–Crippen LogP) is 3.16.